The normalized spacial score (nSPS) is 11.6. The van der Waals surface area contributed by atoms with Gasteiger partial charge in [0.1, 0.15) is 6.04 Å². The Kier molecular flexibility index (Phi) is 5.00. The molecule has 0 heterocycles. The summed E-state index contributed by atoms with van der Waals surface area (Å²) >= 11 is 0. The van der Waals surface area contributed by atoms with E-state index < -0.39 is 18.1 Å². The number of aryl methyl sites for hydroxylation is 1. The number of nitrogens with one attached hydrogen (secondary N) is 1. The van der Waals surface area contributed by atoms with Crippen molar-refractivity contribution in [2.75, 3.05) is 7.11 Å². The van der Waals surface area contributed by atoms with E-state index in [2.05, 4.69) is 10.1 Å². The monoisotopic (exact) mass is 237 g/mol. The summed E-state index contributed by atoms with van der Waals surface area (Å²) in [4.78, 5) is 21.8. The van der Waals surface area contributed by atoms with Crippen LogP contribution in [0.5, 0.6) is 0 Å². The molecule has 17 heavy (non-hydrogen) atoms. The highest BCUT2D eigenvalue weighted by Gasteiger charge is 2.19. The van der Waals surface area contributed by atoms with Crippen LogP contribution in [0.3, 0.4) is 0 Å². The summed E-state index contributed by atoms with van der Waals surface area (Å²) in [6, 6.07) is 8.57. The molecule has 0 saturated carbocycles. The minimum atomic E-state index is -1.06. The summed E-state index contributed by atoms with van der Waals surface area (Å²) in [5.74, 6) is -1.06. The van der Waals surface area contributed by atoms with Crippen LogP contribution in [0.25, 0.3) is 0 Å². The van der Waals surface area contributed by atoms with E-state index in [1.54, 1.807) is 0 Å². The fourth-order valence-corrected chi connectivity index (χ4v) is 1.41. The molecule has 1 unspecified atom stereocenters. The van der Waals surface area contributed by atoms with E-state index in [1.807, 2.05) is 30.3 Å². The second-order valence-electron chi connectivity index (χ2n) is 3.55. The quantitative estimate of drug-likeness (QED) is 0.812. The van der Waals surface area contributed by atoms with Crippen LogP contribution in [0.1, 0.15) is 12.0 Å². The van der Waals surface area contributed by atoms with Crippen LogP contribution in [-0.4, -0.2) is 30.3 Å². The largest absolute Gasteiger partial charge is 0.480 e. The van der Waals surface area contributed by atoms with E-state index in [4.69, 9.17) is 5.11 Å². The summed E-state index contributed by atoms with van der Waals surface area (Å²) in [7, 11) is 1.20. The highest BCUT2D eigenvalue weighted by Crippen LogP contribution is 2.05. The molecular weight excluding hydrogens is 222 g/mol. The number of benzene rings is 1. The minimum Gasteiger partial charge on any atom is -0.480 e. The molecule has 1 aromatic rings. The van der Waals surface area contributed by atoms with Gasteiger partial charge in [-0.3, -0.25) is 0 Å². The van der Waals surface area contributed by atoms with Gasteiger partial charge in [0.2, 0.25) is 0 Å². The summed E-state index contributed by atoms with van der Waals surface area (Å²) in [6.07, 6.45) is 0.182. The number of carbonyl (C=O) groups excluding carboxylic acids is 1. The zero-order valence-corrected chi connectivity index (χ0v) is 9.55. The second-order valence-corrected chi connectivity index (χ2v) is 3.55. The fraction of sp³-hybridized carbons (Fsp3) is 0.333. The van der Waals surface area contributed by atoms with Crippen LogP contribution in [0, 0.1) is 0 Å². The summed E-state index contributed by atoms with van der Waals surface area (Å²) in [5, 5.41) is 11.2. The van der Waals surface area contributed by atoms with Crippen molar-refractivity contribution in [1.29, 1.82) is 0 Å². The van der Waals surface area contributed by atoms with Crippen molar-refractivity contribution in [2.24, 2.45) is 0 Å². The zero-order chi connectivity index (χ0) is 12.7. The number of ether oxygens (including phenoxy) is 1. The van der Waals surface area contributed by atoms with E-state index in [-0.39, 0.29) is 0 Å². The standard InChI is InChI=1S/C12H15NO4/c1-17-12(16)13-10(11(14)15)8-7-9-5-3-2-4-6-9/h2-6,10H,7-8H2,1H3,(H,13,16)(H,14,15). The zero-order valence-electron chi connectivity index (χ0n) is 9.55. The average Bonchev–Trinajstić information content (AvgIpc) is 2.35. The van der Waals surface area contributed by atoms with Crippen molar-refractivity contribution in [3.63, 3.8) is 0 Å². The first-order chi connectivity index (χ1) is 8.13. The molecule has 0 spiro atoms. The highest BCUT2D eigenvalue weighted by molar-refractivity contribution is 5.79. The number of carbonyl (C=O) groups is 2. The maximum absolute atomic E-state index is 10.9. The predicted molar refractivity (Wildman–Crippen MR) is 61.7 cm³/mol. The van der Waals surface area contributed by atoms with Crippen LogP contribution >= 0.6 is 0 Å². The van der Waals surface area contributed by atoms with E-state index in [0.29, 0.717) is 12.8 Å². The van der Waals surface area contributed by atoms with Crippen molar-refractivity contribution in [3.05, 3.63) is 35.9 Å². The molecule has 0 aliphatic rings. The molecule has 1 aromatic carbocycles. The highest BCUT2D eigenvalue weighted by atomic mass is 16.5. The van der Waals surface area contributed by atoms with Crippen molar-refractivity contribution >= 4 is 12.1 Å². The molecule has 5 nitrogen and oxygen atoms in total. The molecular formula is C12H15NO4. The van der Waals surface area contributed by atoms with Gasteiger partial charge in [-0.05, 0) is 18.4 Å². The summed E-state index contributed by atoms with van der Waals surface area (Å²) in [6.45, 7) is 0. The Morgan fingerprint density at radius 2 is 2.00 bits per heavy atom. The number of rotatable bonds is 5. The number of hydrogen-bond donors (Lipinski definition) is 2. The molecule has 0 radical (unpaired) electrons. The van der Waals surface area contributed by atoms with Crippen molar-refractivity contribution < 1.29 is 19.4 Å². The van der Waals surface area contributed by atoms with Gasteiger partial charge in [-0.2, -0.15) is 0 Å². The number of carboxylic acid groups (broad SMARTS) is 1. The minimum absolute atomic E-state index is 0.328. The first kappa shape index (κ1) is 13.0. The van der Waals surface area contributed by atoms with Crippen LogP contribution in [-0.2, 0) is 16.0 Å². The maximum Gasteiger partial charge on any atom is 0.407 e. The molecule has 0 aliphatic carbocycles. The fourth-order valence-electron chi connectivity index (χ4n) is 1.41. The molecule has 2 N–H and O–H groups in total. The van der Waals surface area contributed by atoms with Gasteiger partial charge in [0, 0.05) is 0 Å². The van der Waals surface area contributed by atoms with Crippen LogP contribution in [0.4, 0.5) is 4.79 Å². The molecule has 5 heteroatoms. The van der Waals surface area contributed by atoms with Gasteiger partial charge in [-0.1, -0.05) is 30.3 Å². The first-order valence-corrected chi connectivity index (χ1v) is 5.24. The lowest BCUT2D eigenvalue weighted by Crippen LogP contribution is -2.41. The number of methoxy groups -OCH3 is 1. The molecule has 92 valence electrons. The van der Waals surface area contributed by atoms with Crippen LogP contribution in [0.2, 0.25) is 0 Å². The Bertz CT molecular complexity index is 377. The Morgan fingerprint density at radius 1 is 1.35 bits per heavy atom. The Morgan fingerprint density at radius 3 is 2.53 bits per heavy atom. The third kappa shape index (κ3) is 4.55. The SMILES string of the molecule is COC(=O)NC(CCc1ccccc1)C(=O)O. The average molecular weight is 237 g/mol. The van der Waals surface area contributed by atoms with Crippen molar-refractivity contribution in [1.82, 2.24) is 5.32 Å². The van der Waals surface area contributed by atoms with Gasteiger partial charge in [-0.15, -0.1) is 0 Å². The molecule has 1 rings (SSSR count). The van der Waals surface area contributed by atoms with E-state index >= 15 is 0 Å². The molecule has 1 amide bonds. The molecule has 0 bridgehead atoms. The van der Waals surface area contributed by atoms with E-state index in [9.17, 15) is 9.59 Å². The maximum atomic E-state index is 10.9. The Hall–Kier alpha value is -2.04. The lowest BCUT2D eigenvalue weighted by molar-refractivity contribution is -0.139. The second kappa shape index (κ2) is 6.52. The van der Waals surface area contributed by atoms with Gasteiger partial charge in [0.05, 0.1) is 7.11 Å². The van der Waals surface area contributed by atoms with Crippen LogP contribution in [0.15, 0.2) is 30.3 Å². The van der Waals surface area contributed by atoms with Gasteiger partial charge in [0.15, 0.2) is 0 Å². The van der Waals surface area contributed by atoms with Gasteiger partial charge < -0.3 is 15.2 Å². The Labute approximate surface area is 99.4 Å². The third-order valence-electron chi connectivity index (χ3n) is 2.34. The first-order valence-electron chi connectivity index (χ1n) is 5.24. The lowest BCUT2D eigenvalue weighted by atomic mass is 10.1. The number of aliphatic carboxylic acids is 1. The van der Waals surface area contributed by atoms with Gasteiger partial charge in [0.25, 0.3) is 0 Å². The topological polar surface area (TPSA) is 75.6 Å². The smallest absolute Gasteiger partial charge is 0.407 e. The van der Waals surface area contributed by atoms with E-state index in [0.717, 1.165) is 5.56 Å². The number of amides is 1. The Balaban J connectivity index is 2.50. The van der Waals surface area contributed by atoms with Gasteiger partial charge >= 0.3 is 12.1 Å². The molecule has 0 saturated heterocycles. The van der Waals surface area contributed by atoms with Crippen molar-refractivity contribution in [2.45, 2.75) is 18.9 Å². The predicted octanol–water partition coefficient (Wildman–Crippen LogP) is 1.43. The number of alkyl carbamates (subject to hydrolysis) is 1. The molecule has 0 aliphatic heterocycles. The molecule has 0 aromatic heterocycles. The van der Waals surface area contributed by atoms with Crippen molar-refractivity contribution in [3.8, 4) is 0 Å². The summed E-state index contributed by atoms with van der Waals surface area (Å²) < 4.78 is 4.37. The van der Waals surface area contributed by atoms with Gasteiger partial charge in [-0.25, -0.2) is 9.59 Å². The van der Waals surface area contributed by atoms with E-state index in [1.165, 1.54) is 7.11 Å². The molecule has 1 atom stereocenters. The van der Waals surface area contributed by atoms with Crippen LogP contribution < -0.4 is 5.32 Å². The number of carboxylic acids is 1. The lowest BCUT2D eigenvalue weighted by Gasteiger charge is -2.13. The summed E-state index contributed by atoms with van der Waals surface area (Å²) in [5.41, 5.74) is 1.03. The third-order valence-corrected chi connectivity index (χ3v) is 2.34. The molecule has 0 fully saturated rings. The number of hydrogen-bond acceptors (Lipinski definition) is 3.